The highest BCUT2D eigenvalue weighted by molar-refractivity contribution is 5.16. The van der Waals surface area contributed by atoms with Gasteiger partial charge in [0.1, 0.15) is 0 Å². The van der Waals surface area contributed by atoms with Crippen LogP contribution in [0.1, 0.15) is 32.3 Å². The van der Waals surface area contributed by atoms with Crippen molar-refractivity contribution in [3.8, 4) is 0 Å². The maximum Gasteiger partial charge on any atom is 0.0728 e. The molecule has 0 saturated heterocycles. The molecule has 0 fully saturated rings. The summed E-state index contributed by atoms with van der Waals surface area (Å²) in [6.45, 7) is 4.94. The van der Waals surface area contributed by atoms with Crippen LogP contribution < -0.4 is 5.73 Å². The Morgan fingerprint density at radius 1 is 1.19 bits per heavy atom. The van der Waals surface area contributed by atoms with Crippen LogP contribution in [0.25, 0.3) is 0 Å². The molecule has 0 aliphatic carbocycles. The first kappa shape index (κ1) is 13.2. The maximum absolute atomic E-state index is 6.20. The Morgan fingerprint density at radius 2 is 1.88 bits per heavy atom. The molecular formula is C14H23NO. The molecule has 0 aliphatic rings. The maximum atomic E-state index is 6.20. The van der Waals surface area contributed by atoms with Crippen LogP contribution in [-0.4, -0.2) is 18.8 Å². The van der Waals surface area contributed by atoms with E-state index in [9.17, 15) is 0 Å². The largest absolute Gasteiger partial charge is 0.377 e. The number of benzene rings is 1. The lowest BCUT2D eigenvalue weighted by Gasteiger charge is -2.23. The molecule has 1 rings (SSSR count). The van der Waals surface area contributed by atoms with E-state index >= 15 is 0 Å². The fraction of sp³-hybridized carbons (Fsp3) is 0.571. The standard InChI is InChI=1S/C14H23NO/c1-3-8-14(16-4-2)13(15)11-12-9-6-5-7-10-12/h5-7,9-10,13-14H,3-4,8,11,15H2,1-2H3. The van der Waals surface area contributed by atoms with Crippen molar-refractivity contribution in [1.82, 2.24) is 0 Å². The van der Waals surface area contributed by atoms with Crippen LogP contribution in [0, 0.1) is 0 Å². The van der Waals surface area contributed by atoms with E-state index in [0.29, 0.717) is 0 Å². The Kier molecular flexibility index (Phi) is 6.12. The summed E-state index contributed by atoms with van der Waals surface area (Å²) in [6, 6.07) is 10.5. The van der Waals surface area contributed by atoms with Gasteiger partial charge < -0.3 is 10.5 Å². The number of hydrogen-bond donors (Lipinski definition) is 1. The monoisotopic (exact) mass is 221 g/mol. The van der Waals surface area contributed by atoms with E-state index in [1.807, 2.05) is 13.0 Å². The third-order valence-corrected chi connectivity index (χ3v) is 2.75. The predicted molar refractivity (Wildman–Crippen MR) is 68.4 cm³/mol. The summed E-state index contributed by atoms with van der Waals surface area (Å²) in [7, 11) is 0. The normalized spacial score (nSPS) is 14.7. The molecule has 0 bridgehead atoms. The second-order valence-electron chi connectivity index (χ2n) is 4.14. The molecule has 90 valence electrons. The van der Waals surface area contributed by atoms with Crippen LogP contribution in [0.4, 0.5) is 0 Å². The molecule has 2 heteroatoms. The first-order chi connectivity index (χ1) is 7.77. The van der Waals surface area contributed by atoms with E-state index in [4.69, 9.17) is 10.5 Å². The van der Waals surface area contributed by atoms with E-state index in [0.717, 1.165) is 25.9 Å². The molecule has 0 radical (unpaired) electrons. The first-order valence-corrected chi connectivity index (χ1v) is 6.19. The summed E-state index contributed by atoms with van der Waals surface area (Å²) in [5, 5.41) is 0. The quantitative estimate of drug-likeness (QED) is 0.768. The molecule has 0 amide bonds. The summed E-state index contributed by atoms with van der Waals surface area (Å²) in [6.07, 6.45) is 3.25. The fourth-order valence-electron chi connectivity index (χ4n) is 1.94. The zero-order valence-corrected chi connectivity index (χ0v) is 10.4. The van der Waals surface area contributed by atoms with Crippen LogP contribution in [0.15, 0.2) is 30.3 Å². The minimum absolute atomic E-state index is 0.0994. The molecule has 1 aromatic carbocycles. The average Bonchev–Trinajstić information content (AvgIpc) is 2.30. The third kappa shape index (κ3) is 4.33. The van der Waals surface area contributed by atoms with Gasteiger partial charge in [0, 0.05) is 12.6 Å². The summed E-state index contributed by atoms with van der Waals surface area (Å²) in [4.78, 5) is 0. The summed E-state index contributed by atoms with van der Waals surface area (Å²) >= 11 is 0. The molecule has 1 aromatic rings. The van der Waals surface area contributed by atoms with Crippen molar-refractivity contribution in [3.63, 3.8) is 0 Å². The lowest BCUT2D eigenvalue weighted by molar-refractivity contribution is 0.0378. The SMILES string of the molecule is CCCC(OCC)C(N)Cc1ccccc1. The van der Waals surface area contributed by atoms with Gasteiger partial charge in [-0.1, -0.05) is 43.7 Å². The highest BCUT2D eigenvalue weighted by Gasteiger charge is 2.17. The van der Waals surface area contributed by atoms with Crippen molar-refractivity contribution < 1.29 is 4.74 Å². The van der Waals surface area contributed by atoms with Crippen molar-refractivity contribution in [2.75, 3.05) is 6.61 Å². The first-order valence-electron chi connectivity index (χ1n) is 6.19. The molecular weight excluding hydrogens is 198 g/mol. The molecule has 0 spiro atoms. The molecule has 0 aliphatic heterocycles. The van der Waals surface area contributed by atoms with Crippen LogP contribution in [0.5, 0.6) is 0 Å². The molecule has 0 aromatic heterocycles. The zero-order chi connectivity index (χ0) is 11.8. The Hall–Kier alpha value is -0.860. The summed E-state index contributed by atoms with van der Waals surface area (Å²) in [5.74, 6) is 0. The minimum atomic E-state index is 0.0994. The molecule has 2 unspecified atom stereocenters. The van der Waals surface area contributed by atoms with Crippen molar-refractivity contribution >= 4 is 0 Å². The molecule has 16 heavy (non-hydrogen) atoms. The van der Waals surface area contributed by atoms with Gasteiger partial charge in [-0.25, -0.2) is 0 Å². The Balaban J connectivity index is 2.51. The molecule has 2 nitrogen and oxygen atoms in total. The number of ether oxygens (including phenoxy) is 1. The minimum Gasteiger partial charge on any atom is -0.377 e. The zero-order valence-electron chi connectivity index (χ0n) is 10.4. The van der Waals surface area contributed by atoms with Crippen molar-refractivity contribution in [2.45, 2.75) is 45.3 Å². The number of nitrogens with two attached hydrogens (primary N) is 1. The Bertz CT molecular complexity index is 267. The van der Waals surface area contributed by atoms with Crippen molar-refractivity contribution in [1.29, 1.82) is 0 Å². The van der Waals surface area contributed by atoms with Crippen LogP contribution in [0.3, 0.4) is 0 Å². The van der Waals surface area contributed by atoms with E-state index < -0.39 is 0 Å². The number of rotatable bonds is 7. The second kappa shape index (κ2) is 7.42. The Labute approximate surface area is 98.8 Å². The van der Waals surface area contributed by atoms with Gasteiger partial charge in [0.25, 0.3) is 0 Å². The van der Waals surface area contributed by atoms with Gasteiger partial charge >= 0.3 is 0 Å². The van der Waals surface area contributed by atoms with Crippen molar-refractivity contribution in [2.24, 2.45) is 5.73 Å². The van der Waals surface area contributed by atoms with E-state index in [1.165, 1.54) is 5.56 Å². The van der Waals surface area contributed by atoms with Gasteiger partial charge in [0.05, 0.1) is 6.10 Å². The topological polar surface area (TPSA) is 35.2 Å². The van der Waals surface area contributed by atoms with Crippen LogP contribution >= 0.6 is 0 Å². The highest BCUT2D eigenvalue weighted by atomic mass is 16.5. The average molecular weight is 221 g/mol. The number of hydrogen-bond acceptors (Lipinski definition) is 2. The van der Waals surface area contributed by atoms with E-state index in [1.54, 1.807) is 0 Å². The van der Waals surface area contributed by atoms with Gasteiger partial charge in [-0.3, -0.25) is 0 Å². The van der Waals surface area contributed by atoms with Gasteiger partial charge in [-0.05, 0) is 25.3 Å². The summed E-state index contributed by atoms with van der Waals surface area (Å²) in [5.41, 5.74) is 7.48. The van der Waals surface area contributed by atoms with Gasteiger partial charge in [0.15, 0.2) is 0 Å². The fourth-order valence-corrected chi connectivity index (χ4v) is 1.94. The van der Waals surface area contributed by atoms with E-state index in [-0.39, 0.29) is 12.1 Å². The smallest absolute Gasteiger partial charge is 0.0728 e. The lowest BCUT2D eigenvalue weighted by Crippen LogP contribution is -2.38. The molecule has 2 atom stereocenters. The highest BCUT2D eigenvalue weighted by Crippen LogP contribution is 2.11. The lowest BCUT2D eigenvalue weighted by atomic mass is 9.99. The Morgan fingerprint density at radius 3 is 2.44 bits per heavy atom. The van der Waals surface area contributed by atoms with Crippen molar-refractivity contribution in [3.05, 3.63) is 35.9 Å². The van der Waals surface area contributed by atoms with Gasteiger partial charge in [0.2, 0.25) is 0 Å². The van der Waals surface area contributed by atoms with Crippen LogP contribution in [0.2, 0.25) is 0 Å². The molecule has 2 N–H and O–H groups in total. The van der Waals surface area contributed by atoms with Crippen LogP contribution in [-0.2, 0) is 11.2 Å². The van der Waals surface area contributed by atoms with Gasteiger partial charge in [-0.2, -0.15) is 0 Å². The van der Waals surface area contributed by atoms with E-state index in [2.05, 4.69) is 31.2 Å². The second-order valence-corrected chi connectivity index (χ2v) is 4.14. The molecule has 0 saturated carbocycles. The third-order valence-electron chi connectivity index (χ3n) is 2.75. The molecule has 0 heterocycles. The predicted octanol–water partition coefficient (Wildman–Crippen LogP) is 2.76. The summed E-state index contributed by atoms with van der Waals surface area (Å²) < 4.78 is 5.69. The van der Waals surface area contributed by atoms with Gasteiger partial charge in [-0.15, -0.1) is 0 Å².